The first-order chi connectivity index (χ1) is 8.76. The lowest BCUT2D eigenvalue weighted by atomic mass is 10.2. The van der Waals surface area contributed by atoms with Crippen molar-refractivity contribution in [1.29, 1.82) is 0 Å². The molecule has 1 atom stereocenters. The van der Waals surface area contributed by atoms with Gasteiger partial charge in [0.2, 0.25) is 6.41 Å². The molecule has 0 aliphatic rings. The molecule has 1 aromatic rings. The van der Waals surface area contributed by atoms with Gasteiger partial charge in [0.1, 0.15) is 21.6 Å². The van der Waals surface area contributed by atoms with E-state index in [2.05, 4.69) is 0 Å². The maximum atomic E-state index is 11.2. The lowest BCUT2D eigenvalue weighted by molar-refractivity contribution is -0.139. The summed E-state index contributed by atoms with van der Waals surface area (Å²) in [6.07, 6.45) is 2.52. The number of hydrogen-bond donors (Lipinski definition) is 1. The molecule has 0 radical (unpaired) electrons. The molecule has 1 amide bonds. The molecule has 19 heavy (non-hydrogen) atoms. The second-order valence-corrected chi connectivity index (χ2v) is 6.41. The number of carboxylic acids is 1. The predicted molar refractivity (Wildman–Crippen MR) is 67.7 cm³/mol. The van der Waals surface area contributed by atoms with Crippen LogP contribution in [0.15, 0.2) is 16.7 Å². The van der Waals surface area contributed by atoms with Crippen molar-refractivity contribution in [1.82, 2.24) is 0 Å². The number of nitrogens with zero attached hydrogens (tertiary/aromatic N) is 1. The Morgan fingerprint density at radius 1 is 1.58 bits per heavy atom. The topological polar surface area (TPSA) is 105 Å². The molecule has 8 heteroatoms. The Labute approximate surface area is 110 Å². The summed E-state index contributed by atoms with van der Waals surface area (Å²) < 4.78 is 27.2. The summed E-state index contributed by atoms with van der Waals surface area (Å²) in [6, 6.07) is 0.212. The first-order valence-corrected chi connectivity index (χ1v) is 7.50. The number of anilines is 1. The Balaban J connectivity index is 3.00. The van der Waals surface area contributed by atoms with Crippen molar-refractivity contribution in [3.63, 3.8) is 0 Å². The van der Waals surface area contributed by atoms with Gasteiger partial charge in [-0.15, -0.1) is 0 Å². The summed E-state index contributed by atoms with van der Waals surface area (Å²) in [4.78, 5) is 23.3. The zero-order chi connectivity index (χ0) is 14.6. The molecule has 0 saturated carbocycles. The van der Waals surface area contributed by atoms with Crippen molar-refractivity contribution in [2.45, 2.75) is 19.4 Å². The van der Waals surface area contributed by atoms with Gasteiger partial charge >= 0.3 is 5.97 Å². The van der Waals surface area contributed by atoms with Crippen molar-refractivity contribution in [2.75, 3.05) is 16.9 Å². The Kier molecular flexibility index (Phi) is 4.71. The van der Waals surface area contributed by atoms with E-state index in [4.69, 9.17) is 9.52 Å². The minimum Gasteiger partial charge on any atom is -0.480 e. The van der Waals surface area contributed by atoms with Crippen molar-refractivity contribution in [3.8, 4) is 0 Å². The third-order valence-corrected chi connectivity index (χ3v) is 3.58. The molecule has 0 spiro atoms. The van der Waals surface area contributed by atoms with Gasteiger partial charge in [-0.25, -0.2) is 13.2 Å². The number of carbonyl (C=O) groups is 2. The fraction of sp³-hybridized carbons (Fsp3) is 0.455. The number of sulfone groups is 1. The van der Waals surface area contributed by atoms with Gasteiger partial charge in [0.05, 0.1) is 17.7 Å². The van der Waals surface area contributed by atoms with Crippen LogP contribution in [0.2, 0.25) is 0 Å². The largest absolute Gasteiger partial charge is 0.480 e. The number of hydrogen-bond acceptors (Lipinski definition) is 5. The first-order valence-electron chi connectivity index (χ1n) is 5.44. The van der Waals surface area contributed by atoms with Crippen LogP contribution in [0, 0.1) is 6.92 Å². The molecule has 1 N–H and O–H groups in total. The number of carboxylic acid groups (broad SMARTS) is 1. The highest BCUT2D eigenvalue weighted by molar-refractivity contribution is 7.90. The van der Waals surface area contributed by atoms with E-state index in [1.807, 2.05) is 0 Å². The molecule has 7 nitrogen and oxygen atoms in total. The second kappa shape index (κ2) is 5.87. The number of aliphatic carboxylic acids is 1. The van der Waals surface area contributed by atoms with Gasteiger partial charge in [0, 0.05) is 12.3 Å². The van der Waals surface area contributed by atoms with Crippen LogP contribution >= 0.6 is 0 Å². The van der Waals surface area contributed by atoms with E-state index in [1.54, 1.807) is 6.92 Å². The summed E-state index contributed by atoms with van der Waals surface area (Å²) in [7, 11) is -3.30. The van der Waals surface area contributed by atoms with E-state index in [0.29, 0.717) is 17.9 Å². The van der Waals surface area contributed by atoms with Crippen LogP contribution < -0.4 is 4.90 Å². The zero-order valence-corrected chi connectivity index (χ0v) is 11.4. The number of carbonyl (C=O) groups excluding carboxylic acids is 1. The minimum absolute atomic E-state index is 0.183. The smallest absolute Gasteiger partial charge is 0.326 e. The average Bonchev–Trinajstić information content (AvgIpc) is 2.68. The molecule has 0 saturated heterocycles. The highest BCUT2D eigenvalue weighted by Gasteiger charge is 2.28. The van der Waals surface area contributed by atoms with Gasteiger partial charge in [0.15, 0.2) is 0 Å². The highest BCUT2D eigenvalue weighted by Crippen LogP contribution is 2.23. The number of amides is 1. The Morgan fingerprint density at radius 2 is 2.21 bits per heavy atom. The van der Waals surface area contributed by atoms with Crippen LogP contribution in [0.5, 0.6) is 0 Å². The molecule has 1 aromatic heterocycles. The molecule has 0 aliphatic carbocycles. The van der Waals surface area contributed by atoms with Crippen LogP contribution in [0.4, 0.5) is 5.69 Å². The van der Waals surface area contributed by atoms with Gasteiger partial charge in [-0.1, -0.05) is 0 Å². The van der Waals surface area contributed by atoms with E-state index >= 15 is 0 Å². The van der Waals surface area contributed by atoms with E-state index in [9.17, 15) is 18.0 Å². The molecule has 1 unspecified atom stereocenters. The van der Waals surface area contributed by atoms with E-state index in [0.717, 1.165) is 11.2 Å². The maximum absolute atomic E-state index is 11.2. The van der Waals surface area contributed by atoms with E-state index in [-0.39, 0.29) is 12.2 Å². The van der Waals surface area contributed by atoms with Crippen LogP contribution in [0.1, 0.15) is 12.2 Å². The standard InChI is InChI=1S/C11H15NO6S/c1-8-9(3-5-18-8)12(7-13)10(11(14)15)4-6-19(2,16)17/h3,5,7,10H,4,6H2,1-2H3,(H,14,15). The lowest BCUT2D eigenvalue weighted by Gasteiger charge is -2.24. The Hall–Kier alpha value is -1.83. The van der Waals surface area contributed by atoms with Crippen molar-refractivity contribution in [2.24, 2.45) is 0 Å². The second-order valence-electron chi connectivity index (χ2n) is 4.15. The van der Waals surface area contributed by atoms with Crippen LogP contribution in [0.25, 0.3) is 0 Å². The molecule has 0 aliphatic heterocycles. The van der Waals surface area contributed by atoms with Gasteiger partial charge < -0.3 is 9.52 Å². The van der Waals surface area contributed by atoms with Crippen LogP contribution in [0.3, 0.4) is 0 Å². The van der Waals surface area contributed by atoms with Crippen molar-refractivity contribution in [3.05, 3.63) is 18.1 Å². The van der Waals surface area contributed by atoms with Crippen molar-refractivity contribution < 1.29 is 27.5 Å². The van der Waals surface area contributed by atoms with Gasteiger partial charge in [-0.3, -0.25) is 9.69 Å². The summed E-state index contributed by atoms with van der Waals surface area (Å²) in [5, 5.41) is 9.14. The first kappa shape index (κ1) is 15.2. The molecule has 0 fully saturated rings. The van der Waals surface area contributed by atoms with Crippen LogP contribution in [-0.4, -0.2) is 44.0 Å². The maximum Gasteiger partial charge on any atom is 0.326 e. The highest BCUT2D eigenvalue weighted by atomic mass is 32.2. The molecule has 1 heterocycles. The summed E-state index contributed by atoms with van der Waals surface area (Å²) in [5.74, 6) is -1.19. The normalized spacial score (nSPS) is 12.9. The molecular weight excluding hydrogens is 274 g/mol. The SMILES string of the molecule is Cc1occc1N(C=O)C(CCS(C)(=O)=O)C(=O)O. The molecular formula is C11H15NO6S. The quantitative estimate of drug-likeness (QED) is 0.730. The summed E-state index contributed by atoms with van der Waals surface area (Å²) >= 11 is 0. The third kappa shape index (κ3) is 4.09. The predicted octanol–water partition coefficient (Wildman–Crippen LogP) is 0.439. The number of aryl methyl sites for hydroxylation is 1. The third-order valence-electron chi connectivity index (χ3n) is 2.61. The fourth-order valence-corrected chi connectivity index (χ4v) is 2.30. The average molecular weight is 289 g/mol. The van der Waals surface area contributed by atoms with Gasteiger partial charge in [-0.05, 0) is 13.3 Å². The molecule has 0 bridgehead atoms. The Morgan fingerprint density at radius 3 is 2.58 bits per heavy atom. The van der Waals surface area contributed by atoms with E-state index < -0.39 is 21.8 Å². The lowest BCUT2D eigenvalue weighted by Crippen LogP contribution is -2.41. The number of furan rings is 1. The Bertz CT molecular complexity index is 561. The fourth-order valence-electron chi connectivity index (χ4n) is 1.65. The zero-order valence-electron chi connectivity index (χ0n) is 10.6. The van der Waals surface area contributed by atoms with E-state index in [1.165, 1.54) is 12.3 Å². The van der Waals surface area contributed by atoms with Crippen molar-refractivity contribution >= 4 is 27.9 Å². The summed E-state index contributed by atoms with van der Waals surface area (Å²) in [6.45, 7) is 1.58. The molecule has 1 rings (SSSR count). The molecule has 0 aromatic carbocycles. The summed E-state index contributed by atoms with van der Waals surface area (Å²) in [5.41, 5.74) is 0.316. The minimum atomic E-state index is -3.30. The number of rotatable bonds is 7. The monoisotopic (exact) mass is 289 g/mol. The van der Waals surface area contributed by atoms with Gasteiger partial charge in [-0.2, -0.15) is 0 Å². The van der Waals surface area contributed by atoms with Crippen LogP contribution in [-0.2, 0) is 19.4 Å². The van der Waals surface area contributed by atoms with Gasteiger partial charge in [0.25, 0.3) is 0 Å². The molecule has 106 valence electrons.